The lowest BCUT2D eigenvalue weighted by Crippen LogP contribution is -2.44. The molecule has 0 amide bonds. The molecule has 5 rings (SSSR count). The van der Waals surface area contributed by atoms with Crippen LogP contribution < -0.4 is 25.6 Å². The molecule has 0 saturated carbocycles. The molecular formula is C32H44ClN6OP. The second-order valence-corrected chi connectivity index (χ2v) is 14.1. The Labute approximate surface area is 251 Å². The Kier molecular flexibility index (Phi) is 9.58. The summed E-state index contributed by atoms with van der Waals surface area (Å²) >= 11 is 6.57. The van der Waals surface area contributed by atoms with Crippen LogP contribution in [0.5, 0.6) is 5.75 Å². The summed E-state index contributed by atoms with van der Waals surface area (Å²) in [6.45, 7) is 15.8. The lowest BCUT2D eigenvalue weighted by molar-refractivity contribution is 0.208. The highest BCUT2D eigenvalue weighted by Crippen LogP contribution is 2.38. The molecule has 2 saturated heterocycles. The van der Waals surface area contributed by atoms with Gasteiger partial charge in [-0.2, -0.15) is 4.98 Å². The van der Waals surface area contributed by atoms with Crippen molar-refractivity contribution in [3.05, 3.63) is 52.2 Å². The summed E-state index contributed by atoms with van der Waals surface area (Å²) in [4.78, 5) is 14.5. The summed E-state index contributed by atoms with van der Waals surface area (Å²) in [6, 6.07) is 9.36. The molecule has 1 aromatic heterocycles. The van der Waals surface area contributed by atoms with Crippen LogP contribution in [0, 0.1) is 13.8 Å². The topological polar surface area (TPSA) is 65.6 Å². The zero-order valence-corrected chi connectivity index (χ0v) is 27.0. The third-order valence-corrected chi connectivity index (χ3v) is 10.4. The first kappa shape index (κ1) is 29.9. The first-order chi connectivity index (χ1) is 19.8. The number of methoxy groups -OCH3 is 1. The fraction of sp³-hybridized carbons (Fsp3) is 0.500. The van der Waals surface area contributed by atoms with Gasteiger partial charge in [0.15, 0.2) is 5.82 Å². The van der Waals surface area contributed by atoms with Crippen molar-refractivity contribution >= 4 is 53.7 Å². The van der Waals surface area contributed by atoms with Crippen molar-refractivity contribution in [3.8, 4) is 5.75 Å². The van der Waals surface area contributed by atoms with Gasteiger partial charge in [-0.3, -0.25) is 0 Å². The monoisotopic (exact) mass is 594 g/mol. The maximum Gasteiger partial charge on any atom is 0.229 e. The average Bonchev–Trinajstić information content (AvgIpc) is 3.52. The molecule has 2 N–H and O–H groups in total. The molecule has 7 nitrogen and oxygen atoms in total. The molecule has 0 aliphatic carbocycles. The van der Waals surface area contributed by atoms with E-state index in [1.54, 1.807) is 13.3 Å². The van der Waals surface area contributed by atoms with Gasteiger partial charge >= 0.3 is 0 Å². The number of anilines is 5. The highest BCUT2D eigenvalue weighted by Gasteiger charge is 2.28. The van der Waals surface area contributed by atoms with Crippen molar-refractivity contribution in [2.75, 3.05) is 62.2 Å². The molecule has 9 heteroatoms. The predicted octanol–water partition coefficient (Wildman–Crippen LogP) is 7.24. The van der Waals surface area contributed by atoms with E-state index in [2.05, 4.69) is 83.8 Å². The Morgan fingerprint density at radius 2 is 1.76 bits per heavy atom. The summed E-state index contributed by atoms with van der Waals surface area (Å²) in [7, 11) is 1.40. The van der Waals surface area contributed by atoms with Gasteiger partial charge in [0.1, 0.15) is 10.8 Å². The quantitative estimate of drug-likeness (QED) is 0.253. The molecule has 2 fully saturated rings. The van der Waals surface area contributed by atoms with Crippen molar-refractivity contribution in [2.45, 2.75) is 58.9 Å². The largest absolute Gasteiger partial charge is 0.494 e. The molecule has 3 aromatic rings. The van der Waals surface area contributed by atoms with Crippen LogP contribution in [0.4, 0.5) is 28.8 Å². The Morgan fingerprint density at radius 3 is 2.41 bits per heavy atom. The normalized spacial score (nSPS) is 16.4. The van der Waals surface area contributed by atoms with Gasteiger partial charge in [-0.05, 0) is 101 Å². The molecule has 0 spiro atoms. The van der Waals surface area contributed by atoms with E-state index in [-0.39, 0.29) is 7.92 Å². The zero-order valence-electron chi connectivity index (χ0n) is 25.4. The molecule has 2 aromatic carbocycles. The molecule has 220 valence electrons. The van der Waals surface area contributed by atoms with E-state index < -0.39 is 0 Å². The van der Waals surface area contributed by atoms with Gasteiger partial charge in [-0.15, -0.1) is 0 Å². The number of nitrogens with one attached hydrogen (secondary N) is 2. The molecule has 0 atom stereocenters. The Bertz CT molecular complexity index is 1370. The number of piperidine rings is 1. The second-order valence-electron chi connectivity index (χ2n) is 11.4. The van der Waals surface area contributed by atoms with E-state index in [1.165, 1.54) is 66.5 Å². The van der Waals surface area contributed by atoms with Crippen LogP contribution in [0.25, 0.3) is 0 Å². The van der Waals surface area contributed by atoms with Crippen molar-refractivity contribution in [1.29, 1.82) is 0 Å². The van der Waals surface area contributed by atoms with Gasteiger partial charge in [0.25, 0.3) is 0 Å². The van der Waals surface area contributed by atoms with Gasteiger partial charge in [-0.1, -0.05) is 32.5 Å². The fourth-order valence-corrected chi connectivity index (χ4v) is 7.88. The van der Waals surface area contributed by atoms with E-state index in [9.17, 15) is 0 Å². The summed E-state index contributed by atoms with van der Waals surface area (Å²) in [6.07, 6.45) is 7.73. The fourth-order valence-electron chi connectivity index (χ4n) is 6.28. The molecule has 0 radical (unpaired) electrons. The molecule has 0 unspecified atom stereocenters. The molecule has 41 heavy (non-hydrogen) atoms. The molecule has 3 heterocycles. The number of hydrogen-bond acceptors (Lipinski definition) is 7. The third-order valence-electron chi connectivity index (χ3n) is 8.64. The zero-order chi connectivity index (χ0) is 29.1. The van der Waals surface area contributed by atoms with Crippen LogP contribution in [-0.2, 0) is 6.42 Å². The van der Waals surface area contributed by atoms with E-state index in [1.807, 2.05) is 0 Å². The number of rotatable bonds is 9. The highest BCUT2D eigenvalue weighted by atomic mass is 35.5. The molecule has 0 bridgehead atoms. The van der Waals surface area contributed by atoms with Crippen molar-refractivity contribution < 1.29 is 4.74 Å². The van der Waals surface area contributed by atoms with Crippen LogP contribution in [0.3, 0.4) is 0 Å². The number of halogens is 1. The van der Waals surface area contributed by atoms with Crippen LogP contribution >= 0.6 is 19.5 Å². The maximum atomic E-state index is 6.57. The smallest absolute Gasteiger partial charge is 0.229 e. The van der Waals surface area contributed by atoms with Gasteiger partial charge in [0, 0.05) is 41.9 Å². The first-order valence-electron chi connectivity index (χ1n) is 14.8. The number of nitrogens with zero attached hydrogens (tertiary/aromatic N) is 4. The summed E-state index contributed by atoms with van der Waals surface area (Å²) < 4.78 is 5.87. The first-order valence-corrected chi connectivity index (χ1v) is 17.4. The lowest BCUT2D eigenvalue weighted by atomic mass is 10.0. The number of ether oxygens (including phenoxy) is 1. The standard InChI is InChI=1S/C32H44ClN6OP/c1-7-23-18-27(29(40-4)19-28(23)39-16-12-24(13-17-39)38-14-8-9-15-38)36-32-34-20-25(33)31(37-32)35-26-11-10-21(2)22(3)30(26)41(5)6/h10-11,18-20,24H,7-9,12-17H2,1-6H3,(H2,34,35,36,37). The van der Waals surface area contributed by atoms with E-state index >= 15 is 0 Å². The van der Waals surface area contributed by atoms with E-state index in [0.29, 0.717) is 16.8 Å². The minimum absolute atomic E-state index is 0.321. The number of benzene rings is 2. The van der Waals surface area contributed by atoms with E-state index in [0.717, 1.165) is 42.7 Å². The predicted molar refractivity (Wildman–Crippen MR) is 176 cm³/mol. The number of aryl methyl sites for hydroxylation is 2. The maximum absolute atomic E-state index is 6.57. The van der Waals surface area contributed by atoms with Crippen molar-refractivity contribution in [3.63, 3.8) is 0 Å². The van der Waals surface area contributed by atoms with Crippen molar-refractivity contribution in [2.24, 2.45) is 0 Å². The highest BCUT2D eigenvalue weighted by molar-refractivity contribution is 7.64. The number of likely N-dealkylation sites (tertiary alicyclic amines) is 1. The van der Waals surface area contributed by atoms with Crippen LogP contribution in [0.1, 0.15) is 49.3 Å². The van der Waals surface area contributed by atoms with Gasteiger partial charge in [0.05, 0.1) is 19.0 Å². The minimum atomic E-state index is -0.321. The van der Waals surface area contributed by atoms with Crippen LogP contribution in [-0.4, -0.2) is 67.5 Å². The Hall–Kier alpha value is -2.60. The van der Waals surface area contributed by atoms with Crippen LogP contribution in [0.2, 0.25) is 5.02 Å². The summed E-state index contributed by atoms with van der Waals surface area (Å²) in [5.41, 5.74) is 7.06. The minimum Gasteiger partial charge on any atom is -0.494 e. The average molecular weight is 595 g/mol. The third kappa shape index (κ3) is 6.58. The van der Waals surface area contributed by atoms with Crippen molar-refractivity contribution in [1.82, 2.24) is 14.9 Å². The summed E-state index contributed by atoms with van der Waals surface area (Å²) in [5, 5.41) is 8.72. The van der Waals surface area contributed by atoms with Gasteiger partial charge in [-0.25, -0.2) is 4.98 Å². The Morgan fingerprint density at radius 1 is 1.02 bits per heavy atom. The number of hydrogen-bond donors (Lipinski definition) is 2. The van der Waals surface area contributed by atoms with E-state index in [4.69, 9.17) is 21.3 Å². The number of aromatic nitrogens is 2. The molecular weight excluding hydrogens is 551 g/mol. The lowest BCUT2D eigenvalue weighted by Gasteiger charge is -2.38. The van der Waals surface area contributed by atoms with Gasteiger partial charge < -0.3 is 25.2 Å². The molecule has 2 aliphatic heterocycles. The summed E-state index contributed by atoms with van der Waals surface area (Å²) in [5.74, 6) is 1.83. The SMILES string of the molecule is CCc1cc(Nc2ncc(Cl)c(Nc3ccc(C)c(C)c3P(C)C)n2)c(OC)cc1N1CCC(N2CCCC2)CC1. The van der Waals surface area contributed by atoms with Gasteiger partial charge in [0.2, 0.25) is 5.95 Å². The molecule has 2 aliphatic rings. The second kappa shape index (κ2) is 13.1. The Balaban J connectivity index is 1.37. The van der Waals surface area contributed by atoms with Crippen LogP contribution in [0.15, 0.2) is 30.5 Å².